The fraction of sp³-hybridized carbons (Fsp3) is 0.167. The van der Waals surface area contributed by atoms with Crippen molar-refractivity contribution >= 4 is 23.4 Å². The summed E-state index contributed by atoms with van der Waals surface area (Å²) in [5, 5.41) is 7.59. The Morgan fingerprint density at radius 3 is 2.79 bits per heavy atom. The molecule has 0 unspecified atom stereocenters. The van der Waals surface area contributed by atoms with Crippen LogP contribution >= 0.6 is 11.8 Å². The van der Waals surface area contributed by atoms with Crippen LogP contribution in [0.2, 0.25) is 0 Å². The predicted molar refractivity (Wildman–Crippen MR) is 73.2 cm³/mol. The lowest BCUT2D eigenvalue weighted by molar-refractivity contribution is -0.115. The summed E-state index contributed by atoms with van der Waals surface area (Å²) in [5.41, 5.74) is 0.488. The van der Waals surface area contributed by atoms with Crippen molar-refractivity contribution in [3.05, 3.63) is 46.9 Å². The third-order valence-electron chi connectivity index (χ3n) is 2.40. The van der Waals surface area contributed by atoms with Gasteiger partial charge in [-0.25, -0.2) is 0 Å². The molecule has 0 saturated heterocycles. The van der Waals surface area contributed by atoms with E-state index in [1.54, 1.807) is 11.9 Å². The highest BCUT2D eigenvalue weighted by Crippen LogP contribution is 2.15. The minimum absolute atomic E-state index is 0.0808. The molecule has 1 aromatic heterocycles. The zero-order chi connectivity index (χ0) is 13.7. The number of thioether (sulfide) groups is 1. The normalized spacial score (nSPS) is 10.2. The van der Waals surface area contributed by atoms with Crippen molar-refractivity contribution < 1.29 is 4.79 Å². The van der Waals surface area contributed by atoms with Gasteiger partial charge in [0.2, 0.25) is 5.91 Å². The Bertz CT molecular complexity index is 614. The van der Waals surface area contributed by atoms with Crippen molar-refractivity contribution in [2.75, 3.05) is 17.7 Å². The summed E-state index contributed by atoms with van der Waals surface area (Å²) in [6, 6.07) is 9.33. The number of hydrogen-bond acceptors (Lipinski definition) is 5. The van der Waals surface area contributed by atoms with Gasteiger partial charge < -0.3 is 4.90 Å². The van der Waals surface area contributed by atoms with E-state index in [9.17, 15) is 9.59 Å². The highest BCUT2D eigenvalue weighted by Gasteiger charge is 2.11. The van der Waals surface area contributed by atoms with E-state index < -0.39 is 0 Å². The molecule has 6 nitrogen and oxygen atoms in total. The molecule has 0 fully saturated rings. The molecule has 1 N–H and O–H groups in total. The van der Waals surface area contributed by atoms with E-state index in [2.05, 4.69) is 15.2 Å². The zero-order valence-corrected chi connectivity index (χ0v) is 11.1. The molecule has 0 saturated carbocycles. The summed E-state index contributed by atoms with van der Waals surface area (Å²) in [6.45, 7) is 0. The number of nitrogens with zero attached hydrogens (tertiary/aromatic N) is 3. The molecule has 1 amide bonds. The lowest BCUT2D eigenvalue weighted by atomic mass is 10.3. The molecule has 7 heteroatoms. The van der Waals surface area contributed by atoms with Crippen LogP contribution in [-0.2, 0) is 4.79 Å². The predicted octanol–water partition coefficient (Wildman–Crippen LogP) is 0.920. The van der Waals surface area contributed by atoms with Crippen LogP contribution in [0, 0.1) is 0 Å². The smallest absolute Gasteiger partial charge is 0.270 e. The van der Waals surface area contributed by atoms with Gasteiger partial charge in [0.25, 0.3) is 5.56 Å². The van der Waals surface area contributed by atoms with Gasteiger partial charge in [0.1, 0.15) is 6.20 Å². The third-order valence-corrected chi connectivity index (χ3v) is 3.25. The van der Waals surface area contributed by atoms with Crippen LogP contribution in [0.15, 0.2) is 46.5 Å². The number of hydrogen-bond donors (Lipinski definition) is 1. The summed E-state index contributed by atoms with van der Waals surface area (Å²) >= 11 is 1.15. The second-order valence-corrected chi connectivity index (χ2v) is 4.68. The van der Waals surface area contributed by atoms with Gasteiger partial charge in [0, 0.05) is 12.7 Å². The number of anilines is 1. The molecular formula is C12H12N4O2S. The highest BCUT2D eigenvalue weighted by atomic mass is 32.2. The van der Waals surface area contributed by atoms with Crippen LogP contribution in [0.25, 0.3) is 0 Å². The molecule has 1 heterocycles. The number of rotatable bonds is 4. The molecular weight excluding hydrogens is 264 g/mol. The molecule has 19 heavy (non-hydrogen) atoms. The number of aromatic nitrogens is 3. The molecule has 0 aliphatic rings. The Hall–Kier alpha value is -2.15. The number of aromatic amines is 1. The molecule has 0 radical (unpaired) electrons. The Kier molecular flexibility index (Phi) is 4.30. The van der Waals surface area contributed by atoms with Gasteiger partial charge in [0.15, 0.2) is 5.16 Å². The second kappa shape index (κ2) is 6.14. The van der Waals surface area contributed by atoms with Crippen LogP contribution in [0.3, 0.4) is 0 Å². The van der Waals surface area contributed by atoms with Crippen LogP contribution in [0.1, 0.15) is 0 Å². The lowest BCUT2D eigenvalue weighted by Crippen LogP contribution is -2.28. The Morgan fingerprint density at radius 2 is 2.11 bits per heavy atom. The van der Waals surface area contributed by atoms with Gasteiger partial charge in [0.05, 0.1) is 5.75 Å². The number of carbonyl (C=O) groups is 1. The number of nitrogens with one attached hydrogen (secondary N) is 1. The quantitative estimate of drug-likeness (QED) is 0.840. The van der Waals surface area contributed by atoms with E-state index in [-0.39, 0.29) is 17.2 Å². The second-order valence-electron chi connectivity index (χ2n) is 3.72. The Balaban J connectivity index is 1.96. The average molecular weight is 276 g/mol. The van der Waals surface area contributed by atoms with Gasteiger partial charge >= 0.3 is 0 Å². The van der Waals surface area contributed by atoms with E-state index in [1.165, 1.54) is 0 Å². The van der Waals surface area contributed by atoms with Crippen LogP contribution in [0.4, 0.5) is 5.69 Å². The lowest BCUT2D eigenvalue weighted by Gasteiger charge is -2.16. The number of benzene rings is 1. The molecule has 0 spiro atoms. The van der Waals surface area contributed by atoms with E-state index in [0.29, 0.717) is 5.16 Å². The van der Waals surface area contributed by atoms with Crippen molar-refractivity contribution in [1.82, 2.24) is 15.2 Å². The maximum absolute atomic E-state index is 12.0. The van der Waals surface area contributed by atoms with Crippen molar-refractivity contribution in [2.45, 2.75) is 5.16 Å². The van der Waals surface area contributed by atoms with Gasteiger partial charge in [-0.2, -0.15) is 5.10 Å². The molecule has 98 valence electrons. The summed E-state index contributed by atoms with van der Waals surface area (Å²) in [5.74, 6) is 0.0998. The zero-order valence-electron chi connectivity index (χ0n) is 10.2. The Labute approximate surface area is 113 Å². The number of H-pyrrole nitrogens is 1. The van der Waals surface area contributed by atoms with E-state index in [0.717, 1.165) is 23.6 Å². The topological polar surface area (TPSA) is 79.0 Å². The monoisotopic (exact) mass is 276 g/mol. The average Bonchev–Trinajstić information content (AvgIpc) is 2.45. The van der Waals surface area contributed by atoms with E-state index in [4.69, 9.17) is 0 Å². The number of carbonyl (C=O) groups excluding carboxylic acids is 1. The molecule has 1 aromatic carbocycles. The summed E-state index contributed by atoms with van der Waals surface area (Å²) < 4.78 is 0. The standard InChI is InChI=1S/C12H12N4O2S/c1-16(9-5-3-2-4-6-9)11(18)8-19-12-14-10(17)7-13-15-12/h2-7H,8H2,1H3,(H,14,15,17). The fourth-order valence-electron chi connectivity index (χ4n) is 1.38. The van der Waals surface area contributed by atoms with Crippen molar-refractivity contribution in [3.63, 3.8) is 0 Å². The minimum Gasteiger partial charge on any atom is -0.315 e. The maximum atomic E-state index is 12.0. The molecule has 0 atom stereocenters. The van der Waals surface area contributed by atoms with Crippen LogP contribution < -0.4 is 10.5 Å². The van der Waals surface area contributed by atoms with Crippen molar-refractivity contribution in [1.29, 1.82) is 0 Å². The fourth-order valence-corrected chi connectivity index (χ4v) is 2.12. The SMILES string of the molecule is CN(C(=O)CSc1nncc(=O)[nH]1)c1ccccc1. The van der Waals surface area contributed by atoms with Gasteiger partial charge in [-0.15, -0.1) is 5.10 Å². The van der Waals surface area contributed by atoms with E-state index >= 15 is 0 Å². The van der Waals surface area contributed by atoms with E-state index in [1.807, 2.05) is 30.3 Å². The first-order valence-corrected chi connectivity index (χ1v) is 6.52. The molecule has 0 aliphatic carbocycles. The summed E-state index contributed by atoms with van der Waals surface area (Å²) in [4.78, 5) is 27.1. The Morgan fingerprint density at radius 1 is 1.37 bits per heavy atom. The first-order chi connectivity index (χ1) is 9.16. The third kappa shape index (κ3) is 3.65. The summed E-state index contributed by atoms with van der Waals surface area (Å²) in [6.07, 6.45) is 1.09. The van der Waals surface area contributed by atoms with Crippen molar-refractivity contribution in [3.8, 4) is 0 Å². The van der Waals surface area contributed by atoms with Gasteiger partial charge in [-0.3, -0.25) is 14.6 Å². The number of para-hydroxylation sites is 1. The first-order valence-electron chi connectivity index (χ1n) is 5.53. The molecule has 2 aromatic rings. The largest absolute Gasteiger partial charge is 0.315 e. The van der Waals surface area contributed by atoms with Crippen LogP contribution in [-0.4, -0.2) is 33.9 Å². The molecule has 0 aliphatic heterocycles. The summed E-state index contributed by atoms with van der Waals surface area (Å²) in [7, 11) is 1.71. The first kappa shape index (κ1) is 13.3. The van der Waals surface area contributed by atoms with Crippen LogP contribution in [0.5, 0.6) is 0 Å². The van der Waals surface area contributed by atoms with Gasteiger partial charge in [-0.1, -0.05) is 30.0 Å². The molecule has 2 rings (SSSR count). The minimum atomic E-state index is -0.332. The van der Waals surface area contributed by atoms with Gasteiger partial charge in [-0.05, 0) is 12.1 Å². The highest BCUT2D eigenvalue weighted by molar-refractivity contribution is 7.99. The van der Waals surface area contributed by atoms with Crippen molar-refractivity contribution in [2.24, 2.45) is 0 Å². The molecule has 0 bridgehead atoms. The maximum Gasteiger partial charge on any atom is 0.270 e. The number of amides is 1.